The Morgan fingerprint density at radius 1 is 1.21 bits per heavy atom. The number of aromatic nitrogens is 1. The van der Waals surface area contributed by atoms with Crippen LogP contribution in [-0.2, 0) is 0 Å². The van der Waals surface area contributed by atoms with Gasteiger partial charge in [0.05, 0.1) is 6.04 Å². The molecule has 126 valence electrons. The molecule has 2 aliphatic heterocycles. The van der Waals surface area contributed by atoms with E-state index >= 15 is 0 Å². The summed E-state index contributed by atoms with van der Waals surface area (Å²) in [4.78, 5) is 18.9. The summed E-state index contributed by atoms with van der Waals surface area (Å²) >= 11 is 0. The van der Waals surface area contributed by atoms with Gasteiger partial charge in [0, 0.05) is 31.7 Å². The van der Waals surface area contributed by atoms with Crippen molar-refractivity contribution in [1.82, 2.24) is 15.2 Å². The summed E-state index contributed by atoms with van der Waals surface area (Å²) < 4.78 is 13.7. The number of nitrogens with one attached hydrogen (secondary N) is 1. The third kappa shape index (κ3) is 2.89. The van der Waals surface area contributed by atoms with Crippen molar-refractivity contribution in [1.29, 1.82) is 0 Å². The van der Waals surface area contributed by atoms with E-state index in [0.29, 0.717) is 24.1 Å². The molecular formula is C18H19ClFN3O. The number of rotatable bonds is 2. The van der Waals surface area contributed by atoms with Crippen molar-refractivity contribution < 1.29 is 9.18 Å². The maximum Gasteiger partial charge on any atom is 0.272 e. The smallest absolute Gasteiger partial charge is 0.272 e. The van der Waals surface area contributed by atoms with Crippen LogP contribution in [0.3, 0.4) is 0 Å². The number of amides is 1. The van der Waals surface area contributed by atoms with Crippen molar-refractivity contribution in [2.45, 2.75) is 6.04 Å². The lowest BCUT2D eigenvalue weighted by atomic mass is 9.89. The Hall–Kier alpha value is -1.98. The summed E-state index contributed by atoms with van der Waals surface area (Å²) in [6, 6.07) is 11.9. The largest absolute Gasteiger partial charge is 0.330 e. The summed E-state index contributed by atoms with van der Waals surface area (Å²) in [5, 5.41) is 3.39. The highest BCUT2D eigenvalue weighted by Gasteiger charge is 2.47. The molecule has 24 heavy (non-hydrogen) atoms. The number of pyridine rings is 1. The summed E-state index contributed by atoms with van der Waals surface area (Å²) in [5.74, 6) is 0.400. The minimum Gasteiger partial charge on any atom is -0.330 e. The number of fused-ring (bicyclic) bond motifs is 1. The monoisotopic (exact) mass is 347 g/mol. The number of nitrogens with zero attached hydrogens (tertiary/aromatic N) is 2. The Labute approximate surface area is 146 Å². The van der Waals surface area contributed by atoms with Crippen LogP contribution in [-0.4, -0.2) is 35.4 Å². The number of benzene rings is 1. The van der Waals surface area contributed by atoms with Crippen molar-refractivity contribution >= 4 is 18.3 Å². The summed E-state index contributed by atoms with van der Waals surface area (Å²) in [7, 11) is 0. The van der Waals surface area contributed by atoms with Crippen LogP contribution in [0.15, 0.2) is 48.7 Å². The molecular weight excluding hydrogens is 329 g/mol. The van der Waals surface area contributed by atoms with Gasteiger partial charge in [-0.25, -0.2) is 4.39 Å². The molecule has 6 heteroatoms. The minimum atomic E-state index is -0.262. The number of likely N-dealkylation sites (tertiary alicyclic amines) is 1. The van der Waals surface area contributed by atoms with Gasteiger partial charge in [-0.1, -0.05) is 18.2 Å². The average Bonchev–Trinajstić information content (AvgIpc) is 3.15. The van der Waals surface area contributed by atoms with E-state index < -0.39 is 0 Å². The predicted octanol–water partition coefficient (Wildman–Crippen LogP) is 2.68. The Morgan fingerprint density at radius 3 is 2.83 bits per heavy atom. The van der Waals surface area contributed by atoms with E-state index in [2.05, 4.69) is 10.3 Å². The molecule has 2 aliphatic rings. The molecule has 3 heterocycles. The normalized spacial score (nSPS) is 25.2. The molecule has 0 bridgehead atoms. The lowest BCUT2D eigenvalue weighted by molar-refractivity contribution is 0.0707. The Balaban J connectivity index is 0.00000169. The van der Waals surface area contributed by atoms with Gasteiger partial charge in [-0.05, 0) is 35.7 Å². The van der Waals surface area contributed by atoms with E-state index in [1.165, 1.54) is 6.07 Å². The molecule has 0 aliphatic carbocycles. The van der Waals surface area contributed by atoms with Crippen LogP contribution < -0.4 is 5.32 Å². The van der Waals surface area contributed by atoms with Crippen LogP contribution in [0.2, 0.25) is 0 Å². The van der Waals surface area contributed by atoms with Gasteiger partial charge in [0.2, 0.25) is 0 Å². The van der Waals surface area contributed by atoms with Gasteiger partial charge in [-0.15, -0.1) is 12.4 Å². The van der Waals surface area contributed by atoms with E-state index in [1.807, 2.05) is 17.0 Å². The van der Waals surface area contributed by atoms with Gasteiger partial charge in [0.15, 0.2) is 0 Å². The summed E-state index contributed by atoms with van der Waals surface area (Å²) in [5.41, 5.74) is 1.31. The fraction of sp³-hybridized carbons (Fsp3) is 0.333. The molecule has 1 aromatic carbocycles. The first-order chi connectivity index (χ1) is 11.2. The van der Waals surface area contributed by atoms with Gasteiger partial charge in [0.25, 0.3) is 5.91 Å². The molecule has 1 aromatic heterocycles. The first kappa shape index (κ1) is 16.9. The van der Waals surface area contributed by atoms with Crippen molar-refractivity contribution in [2.75, 3.05) is 19.6 Å². The zero-order valence-electron chi connectivity index (χ0n) is 13.1. The van der Waals surface area contributed by atoms with Crippen LogP contribution in [0.5, 0.6) is 0 Å². The maximum absolute atomic E-state index is 13.7. The topological polar surface area (TPSA) is 45.2 Å². The van der Waals surface area contributed by atoms with E-state index in [0.717, 1.165) is 18.7 Å². The Kier molecular flexibility index (Phi) is 4.83. The second kappa shape index (κ2) is 6.87. The molecule has 0 radical (unpaired) electrons. The lowest BCUT2D eigenvalue weighted by Gasteiger charge is -2.28. The standard InChI is InChI=1S/C18H18FN3O.ClH/c19-14-5-3-4-12(8-14)17-15-10-20-9-13(15)11-22(17)18(23)16-6-1-2-7-21-16;/h1-8,13,15,17,20H,9-11H2;1H/t13-,15-,17-;/m0./s1. The number of carbonyl (C=O) groups is 1. The maximum atomic E-state index is 13.7. The number of carbonyl (C=O) groups excluding carboxylic acids is 1. The van der Waals surface area contributed by atoms with E-state index in [9.17, 15) is 9.18 Å². The third-order valence-electron chi connectivity index (χ3n) is 4.90. The van der Waals surface area contributed by atoms with Gasteiger partial charge in [-0.2, -0.15) is 0 Å². The highest BCUT2D eigenvalue weighted by molar-refractivity contribution is 5.92. The van der Waals surface area contributed by atoms with Gasteiger partial charge in [-0.3, -0.25) is 9.78 Å². The second-order valence-corrected chi connectivity index (χ2v) is 6.25. The minimum absolute atomic E-state index is 0. The molecule has 0 spiro atoms. The molecule has 0 unspecified atom stereocenters. The van der Waals surface area contributed by atoms with E-state index in [-0.39, 0.29) is 30.2 Å². The molecule has 2 fully saturated rings. The lowest BCUT2D eigenvalue weighted by Crippen LogP contribution is -2.35. The van der Waals surface area contributed by atoms with Gasteiger partial charge >= 0.3 is 0 Å². The first-order valence-electron chi connectivity index (χ1n) is 7.92. The zero-order valence-corrected chi connectivity index (χ0v) is 13.9. The predicted molar refractivity (Wildman–Crippen MR) is 91.5 cm³/mol. The first-order valence-corrected chi connectivity index (χ1v) is 7.92. The second-order valence-electron chi connectivity index (χ2n) is 6.25. The number of hydrogen-bond acceptors (Lipinski definition) is 3. The molecule has 4 rings (SSSR count). The molecule has 2 saturated heterocycles. The van der Waals surface area contributed by atoms with Crippen molar-refractivity contribution in [3.8, 4) is 0 Å². The summed E-state index contributed by atoms with van der Waals surface area (Å²) in [6.07, 6.45) is 1.63. The molecule has 2 aromatic rings. The molecule has 1 amide bonds. The van der Waals surface area contributed by atoms with Crippen LogP contribution in [0.4, 0.5) is 4.39 Å². The molecule has 3 atom stereocenters. The highest BCUT2D eigenvalue weighted by Crippen LogP contribution is 2.43. The molecule has 4 nitrogen and oxygen atoms in total. The van der Waals surface area contributed by atoms with Crippen LogP contribution in [0.25, 0.3) is 0 Å². The van der Waals surface area contributed by atoms with Crippen molar-refractivity contribution in [2.24, 2.45) is 11.8 Å². The number of halogens is 2. The van der Waals surface area contributed by atoms with Gasteiger partial charge in [0.1, 0.15) is 11.5 Å². The quantitative estimate of drug-likeness (QED) is 0.908. The fourth-order valence-corrected chi connectivity index (χ4v) is 3.88. The SMILES string of the molecule is Cl.O=C(c1ccccn1)N1C[C@@H]2CNC[C@@H]2[C@@H]1c1cccc(F)c1. The zero-order chi connectivity index (χ0) is 15.8. The van der Waals surface area contributed by atoms with Crippen molar-refractivity contribution in [3.05, 3.63) is 65.7 Å². The van der Waals surface area contributed by atoms with Crippen LogP contribution in [0, 0.1) is 17.7 Å². The van der Waals surface area contributed by atoms with Crippen LogP contribution >= 0.6 is 12.4 Å². The Morgan fingerprint density at radius 2 is 2.08 bits per heavy atom. The molecule has 0 saturated carbocycles. The summed E-state index contributed by atoms with van der Waals surface area (Å²) in [6.45, 7) is 2.45. The van der Waals surface area contributed by atoms with Crippen molar-refractivity contribution in [3.63, 3.8) is 0 Å². The van der Waals surface area contributed by atoms with Crippen LogP contribution in [0.1, 0.15) is 22.1 Å². The van der Waals surface area contributed by atoms with E-state index in [4.69, 9.17) is 0 Å². The number of hydrogen-bond donors (Lipinski definition) is 1. The molecule has 1 N–H and O–H groups in total. The third-order valence-corrected chi connectivity index (χ3v) is 4.90. The van der Waals surface area contributed by atoms with Gasteiger partial charge < -0.3 is 10.2 Å². The van der Waals surface area contributed by atoms with E-state index in [1.54, 1.807) is 30.5 Å². The Bertz CT molecular complexity index is 727. The highest BCUT2D eigenvalue weighted by atomic mass is 35.5. The average molecular weight is 348 g/mol. The fourth-order valence-electron chi connectivity index (χ4n) is 3.88.